The minimum atomic E-state index is -0.792. The minimum absolute atomic E-state index is 0.0301. The van der Waals surface area contributed by atoms with Gasteiger partial charge in [0.2, 0.25) is 0 Å². The van der Waals surface area contributed by atoms with Gasteiger partial charge in [-0.3, -0.25) is 9.59 Å². The molecule has 2 heterocycles. The molecule has 1 fully saturated rings. The van der Waals surface area contributed by atoms with Crippen molar-refractivity contribution >= 4 is 17.4 Å². The van der Waals surface area contributed by atoms with Gasteiger partial charge in [-0.15, -0.1) is 0 Å². The van der Waals surface area contributed by atoms with Crippen molar-refractivity contribution < 1.29 is 33.6 Å². The van der Waals surface area contributed by atoms with Gasteiger partial charge in [0.25, 0.3) is 11.7 Å². The molecule has 9 heteroatoms. The van der Waals surface area contributed by atoms with Crippen LogP contribution in [0.1, 0.15) is 50.8 Å². The molecule has 1 amide bonds. The molecular weight excluding hydrogens is 512 g/mol. The van der Waals surface area contributed by atoms with Crippen molar-refractivity contribution in [2.75, 3.05) is 53.6 Å². The van der Waals surface area contributed by atoms with Crippen LogP contribution in [0.15, 0.2) is 42.0 Å². The highest BCUT2D eigenvalue weighted by molar-refractivity contribution is 6.46. The van der Waals surface area contributed by atoms with Crippen molar-refractivity contribution in [1.82, 2.24) is 9.80 Å². The van der Waals surface area contributed by atoms with Crippen LogP contribution in [-0.2, 0) is 9.59 Å². The number of carbonyl (C=O) groups excluding carboxylic acids is 2. The molecule has 1 N–H and O–H groups in total. The SMILES string of the molecule is CCOc1cc(C2C(=C(O)c3ccc4c(c3)OCCO4)C(=O)C(=O)N2CCCN(C)C)ccc1OCCC(C)C. The summed E-state index contributed by atoms with van der Waals surface area (Å²) in [5.74, 6) is 1.05. The van der Waals surface area contributed by atoms with Gasteiger partial charge in [-0.1, -0.05) is 19.9 Å². The van der Waals surface area contributed by atoms with Gasteiger partial charge in [0, 0.05) is 12.1 Å². The van der Waals surface area contributed by atoms with Gasteiger partial charge in [-0.2, -0.15) is 0 Å². The third kappa shape index (κ3) is 6.53. The first kappa shape index (κ1) is 29.3. The number of fused-ring (bicyclic) bond motifs is 1. The molecule has 0 aromatic heterocycles. The summed E-state index contributed by atoms with van der Waals surface area (Å²) in [6, 6.07) is 9.65. The van der Waals surface area contributed by atoms with E-state index in [2.05, 4.69) is 13.8 Å². The maximum atomic E-state index is 13.5. The van der Waals surface area contributed by atoms with E-state index in [4.69, 9.17) is 18.9 Å². The van der Waals surface area contributed by atoms with Crippen LogP contribution in [0.5, 0.6) is 23.0 Å². The van der Waals surface area contributed by atoms with Crippen LogP contribution >= 0.6 is 0 Å². The summed E-state index contributed by atoms with van der Waals surface area (Å²) in [7, 11) is 3.92. The maximum Gasteiger partial charge on any atom is 0.295 e. The van der Waals surface area contributed by atoms with Gasteiger partial charge in [0.1, 0.15) is 19.0 Å². The molecule has 1 unspecified atom stereocenters. The van der Waals surface area contributed by atoms with Crippen molar-refractivity contribution in [3.8, 4) is 23.0 Å². The van der Waals surface area contributed by atoms with Crippen LogP contribution in [0.4, 0.5) is 0 Å². The Morgan fingerprint density at radius 3 is 2.50 bits per heavy atom. The van der Waals surface area contributed by atoms with E-state index >= 15 is 0 Å². The Morgan fingerprint density at radius 2 is 1.80 bits per heavy atom. The molecule has 2 aromatic carbocycles. The normalized spacial score (nSPS) is 18.1. The third-order valence-corrected chi connectivity index (χ3v) is 6.90. The molecular formula is C31H40N2O7. The zero-order chi connectivity index (χ0) is 28.8. The second-order valence-corrected chi connectivity index (χ2v) is 10.7. The second-order valence-electron chi connectivity index (χ2n) is 10.7. The predicted octanol–water partition coefficient (Wildman–Crippen LogP) is 4.65. The first-order valence-electron chi connectivity index (χ1n) is 13.9. The fourth-order valence-corrected chi connectivity index (χ4v) is 4.85. The number of hydrogen-bond acceptors (Lipinski definition) is 8. The molecule has 1 saturated heterocycles. The van der Waals surface area contributed by atoms with Crippen LogP contribution in [0.2, 0.25) is 0 Å². The lowest BCUT2D eigenvalue weighted by atomic mass is 9.94. The molecule has 4 rings (SSSR count). The van der Waals surface area contributed by atoms with Crippen molar-refractivity contribution in [1.29, 1.82) is 0 Å². The van der Waals surface area contributed by atoms with Gasteiger partial charge >= 0.3 is 0 Å². The fourth-order valence-electron chi connectivity index (χ4n) is 4.85. The Morgan fingerprint density at radius 1 is 1.05 bits per heavy atom. The molecule has 2 aliphatic rings. The smallest absolute Gasteiger partial charge is 0.295 e. The van der Waals surface area contributed by atoms with E-state index < -0.39 is 17.7 Å². The summed E-state index contributed by atoms with van der Waals surface area (Å²) in [4.78, 5) is 30.4. The van der Waals surface area contributed by atoms with Gasteiger partial charge in [-0.05, 0) is 82.2 Å². The molecule has 40 heavy (non-hydrogen) atoms. The van der Waals surface area contributed by atoms with Gasteiger partial charge < -0.3 is 33.9 Å². The third-order valence-electron chi connectivity index (χ3n) is 6.90. The number of rotatable bonds is 12. The van der Waals surface area contributed by atoms with E-state index in [1.54, 1.807) is 29.2 Å². The van der Waals surface area contributed by atoms with Crippen LogP contribution in [0.25, 0.3) is 5.76 Å². The number of benzene rings is 2. The summed E-state index contributed by atoms with van der Waals surface area (Å²) in [5.41, 5.74) is 1.06. The number of ether oxygens (including phenoxy) is 4. The number of aliphatic hydroxyl groups excluding tert-OH is 1. The average molecular weight is 553 g/mol. The first-order valence-corrected chi connectivity index (χ1v) is 13.9. The maximum absolute atomic E-state index is 13.5. The number of ketones is 1. The number of aliphatic hydroxyl groups is 1. The lowest BCUT2D eigenvalue weighted by molar-refractivity contribution is -0.139. The highest BCUT2D eigenvalue weighted by Gasteiger charge is 2.46. The van der Waals surface area contributed by atoms with E-state index in [0.717, 1.165) is 13.0 Å². The van der Waals surface area contributed by atoms with Crippen molar-refractivity contribution in [2.45, 2.75) is 39.7 Å². The molecule has 1 atom stereocenters. The fraction of sp³-hybridized carbons (Fsp3) is 0.484. The Kier molecular flexibility index (Phi) is 9.58. The Balaban J connectivity index is 1.77. The van der Waals surface area contributed by atoms with Crippen molar-refractivity contribution in [3.63, 3.8) is 0 Å². The molecule has 0 bridgehead atoms. The quantitative estimate of drug-likeness (QED) is 0.231. The molecule has 0 saturated carbocycles. The number of Topliss-reactive ketones (excluding diaryl/α,β-unsaturated/α-hetero) is 1. The monoisotopic (exact) mass is 552 g/mol. The summed E-state index contributed by atoms with van der Waals surface area (Å²) in [6.45, 7) is 9.05. The standard InChI is InChI=1S/C31H40N2O7/c1-6-37-25-18-21(8-10-23(25)38-15-12-20(2)3)28-27(30(35)31(36)33(28)14-7-13-32(4)5)29(34)22-9-11-24-26(19-22)40-17-16-39-24/h8-11,18-20,28,34H,6-7,12-17H2,1-5H3. The first-order chi connectivity index (χ1) is 19.2. The number of nitrogens with zero attached hydrogens (tertiary/aromatic N) is 2. The lowest BCUT2D eigenvalue weighted by Gasteiger charge is -2.27. The van der Waals surface area contributed by atoms with E-state index in [9.17, 15) is 14.7 Å². The number of likely N-dealkylation sites (tertiary alicyclic amines) is 1. The zero-order valence-electron chi connectivity index (χ0n) is 24.1. The van der Waals surface area contributed by atoms with Crippen LogP contribution in [0, 0.1) is 5.92 Å². The summed E-state index contributed by atoms with van der Waals surface area (Å²) >= 11 is 0. The summed E-state index contributed by atoms with van der Waals surface area (Å²) < 4.78 is 23.2. The molecule has 0 aliphatic carbocycles. The zero-order valence-corrected chi connectivity index (χ0v) is 24.1. The lowest BCUT2D eigenvalue weighted by Crippen LogP contribution is -2.32. The Hall–Kier alpha value is -3.72. The Labute approximate surface area is 236 Å². The predicted molar refractivity (Wildman–Crippen MR) is 152 cm³/mol. The van der Waals surface area contributed by atoms with E-state index in [0.29, 0.717) is 79.4 Å². The van der Waals surface area contributed by atoms with Gasteiger partial charge in [0.15, 0.2) is 23.0 Å². The van der Waals surface area contributed by atoms with Gasteiger partial charge in [-0.25, -0.2) is 0 Å². The largest absolute Gasteiger partial charge is 0.507 e. The molecule has 216 valence electrons. The molecule has 2 aliphatic heterocycles. The highest BCUT2D eigenvalue weighted by atomic mass is 16.6. The van der Waals surface area contributed by atoms with Crippen molar-refractivity contribution in [2.24, 2.45) is 5.92 Å². The van der Waals surface area contributed by atoms with Crippen LogP contribution in [-0.4, -0.2) is 80.2 Å². The number of hydrogen-bond donors (Lipinski definition) is 1. The number of amides is 1. The number of carbonyl (C=O) groups is 2. The molecule has 0 radical (unpaired) electrons. The highest BCUT2D eigenvalue weighted by Crippen LogP contribution is 2.43. The summed E-state index contributed by atoms with van der Waals surface area (Å²) in [5, 5.41) is 11.5. The van der Waals surface area contributed by atoms with E-state index in [-0.39, 0.29) is 11.3 Å². The van der Waals surface area contributed by atoms with Gasteiger partial charge in [0.05, 0.1) is 24.8 Å². The molecule has 9 nitrogen and oxygen atoms in total. The summed E-state index contributed by atoms with van der Waals surface area (Å²) in [6.07, 6.45) is 1.56. The average Bonchev–Trinajstić information content (AvgIpc) is 3.18. The van der Waals surface area contributed by atoms with Crippen LogP contribution in [0.3, 0.4) is 0 Å². The van der Waals surface area contributed by atoms with Crippen molar-refractivity contribution in [3.05, 3.63) is 53.1 Å². The minimum Gasteiger partial charge on any atom is -0.507 e. The van der Waals surface area contributed by atoms with Crippen LogP contribution < -0.4 is 18.9 Å². The molecule has 0 spiro atoms. The topological polar surface area (TPSA) is 97.8 Å². The van der Waals surface area contributed by atoms with E-state index in [1.165, 1.54) is 0 Å². The second kappa shape index (κ2) is 13.1. The van der Waals surface area contributed by atoms with E-state index in [1.807, 2.05) is 38.1 Å². The Bertz CT molecular complexity index is 1250. The molecule has 2 aromatic rings.